The van der Waals surface area contributed by atoms with E-state index in [9.17, 15) is 4.79 Å². The predicted molar refractivity (Wildman–Crippen MR) is 105 cm³/mol. The zero-order valence-electron chi connectivity index (χ0n) is 16.0. The second kappa shape index (κ2) is 7.76. The first-order valence-electron chi connectivity index (χ1n) is 9.26. The number of amides is 1. The molecule has 4 rings (SSSR count). The fraction of sp³-hybridized carbons (Fsp3) is 0.273. The van der Waals surface area contributed by atoms with Crippen LogP contribution in [-0.2, 0) is 18.4 Å². The predicted octanol–water partition coefficient (Wildman–Crippen LogP) is 3.33. The van der Waals surface area contributed by atoms with Gasteiger partial charge in [0.1, 0.15) is 0 Å². The number of hydrogen-bond donors (Lipinski definition) is 0. The summed E-state index contributed by atoms with van der Waals surface area (Å²) >= 11 is 0. The summed E-state index contributed by atoms with van der Waals surface area (Å²) in [5, 5.41) is 4.17. The van der Waals surface area contributed by atoms with Crippen molar-refractivity contribution in [3.05, 3.63) is 77.6 Å². The minimum atomic E-state index is -0.0560. The van der Waals surface area contributed by atoms with Gasteiger partial charge in [0, 0.05) is 44.7 Å². The fourth-order valence-corrected chi connectivity index (χ4v) is 3.49. The molecule has 144 valence electrons. The fourth-order valence-electron chi connectivity index (χ4n) is 3.49. The monoisotopic (exact) mass is 377 g/mol. The molecule has 0 unspecified atom stereocenters. The van der Waals surface area contributed by atoms with Gasteiger partial charge in [0.05, 0.1) is 6.20 Å². The van der Waals surface area contributed by atoms with E-state index in [1.54, 1.807) is 15.8 Å². The number of rotatable bonds is 6. The van der Waals surface area contributed by atoms with Gasteiger partial charge in [-0.25, -0.2) is 0 Å². The van der Waals surface area contributed by atoms with Crippen LogP contribution in [0.2, 0.25) is 0 Å². The number of aromatic nitrogens is 2. The summed E-state index contributed by atoms with van der Waals surface area (Å²) in [5.41, 5.74) is 3.15. The molecule has 0 N–H and O–H groups in total. The minimum absolute atomic E-state index is 0.0560. The van der Waals surface area contributed by atoms with Gasteiger partial charge < -0.3 is 14.4 Å². The van der Waals surface area contributed by atoms with Gasteiger partial charge in [-0.1, -0.05) is 36.4 Å². The molecule has 0 saturated carbocycles. The SMILES string of the molecule is CN(Cc1cnn(C)c1)C(=O)C[C@H](c1ccccc1)c1ccc2c(c1)OCO2. The van der Waals surface area contributed by atoms with Crippen molar-refractivity contribution >= 4 is 5.91 Å². The van der Waals surface area contributed by atoms with Crippen LogP contribution in [0.15, 0.2) is 60.9 Å². The van der Waals surface area contributed by atoms with Gasteiger partial charge in [0.15, 0.2) is 11.5 Å². The van der Waals surface area contributed by atoms with Crippen molar-refractivity contribution in [2.45, 2.75) is 18.9 Å². The number of carbonyl (C=O) groups excluding carboxylic acids is 1. The summed E-state index contributed by atoms with van der Waals surface area (Å²) in [6, 6.07) is 16.0. The summed E-state index contributed by atoms with van der Waals surface area (Å²) in [4.78, 5) is 14.7. The lowest BCUT2D eigenvalue weighted by atomic mass is 9.88. The lowest BCUT2D eigenvalue weighted by Crippen LogP contribution is -2.27. The highest BCUT2D eigenvalue weighted by atomic mass is 16.7. The topological polar surface area (TPSA) is 56.6 Å². The Bertz CT molecular complexity index is 968. The maximum absolute atomic E-state index is 13.0. The first-order valence-corrected chi connectivity index (χ1v) is 9.26. The van der Waals surface area contributed by atoms with Crippen molar-refractivity contribution in [2.24, 2.45) is 7.05 Å². The van der Waals surface area contributed by atoms with E-state index >= 15 is 0 Å². The van der Waals surface area contributed by atoms with E-state index in [1.165, 1.54) is 0 Å². The number of ether oxygens (including phenoxy) is 2. The van der Waals surface area contributed by atoms with Crippen molar-refractivity contribution in [1.29, 1.82) is 0 Å². The highest BCUT2D eigenvalue weighted by Gasteiger charge is 2.23. The maximum Gasteiger partial charge on any atom is 0.231 e. The zero-order valence-corrected chi connectivity index (χ0v) is 16.0. The highest BCUT2D eigenvalue weighted by molar-refractivity contribution is 5.77. The Morgan fingerprint density at radius 1 is 1.14 bits per heavy atom. The average Bonchev–Trinajstić information content (AvgIpc) is 3.34. The molecule has 1 aromatic heterocycles. The van der Waals surface area contributed by atoms with E-state index in [1.807, 2.05) is 56.7 Å². The standard InChI is InChI=1S/C22H23N3O3/c1-24(13-16-12-23-25(2)14-16)22(26)11-19(17-6-4-3-5-7-17)18-8-9-20-21(10-18)28-15-27-20/h3-10,12,14,19H,11,13,15H2,1-2H3/t19-/m1/s1. The molecule has 0 fully saturated rings. The quantitative estimate of drug-likeness (QED) is 0.661. The Morgan fingerprint density at radius 2 is 1.93 bits per heavy atom. The molecule has 2 heterocycles. The molecule has 0 aliphatic carbocycles. The first kappa shape index (κ1) is 18.1. The van der Waals surface area contributed by atoms with Crippen LogP contribution in [0.4, 0.5) is 0 Å². The zero-order chi connectivity index (χ0) is 19.5. The molecule has 1 aliphatic heterocycles. The molecule has 0 spiro atoms. The third-order valence-electron chi connectivity index (χ3n) is 4.98. The van der Waals surface area contributed by atoms with Crippen LogP contribution in [0.1, 0.15) is 29.0 Å². The van der Waals surface area contributed by atoms with Gasteiger partial charge in [-0.15, -0.1) is 0 Å². The smallest absolute Gasteiger partial charge is 0.231 e. The lowest BCUT2D eigenvalue weighted by molar-refractivity contribution is -0.130. The number of hydrogen-bond acceptors (Lipinski definition) is 4. The highest BCUT2D eigenvalue weighted by Crippen LogP contribution is 2.37. The Labute approximate surface area is 164 Å². The molecule has 28 heavy (non-hydrogen) atoms. The Kier molecular flexibility index (Phi) is 5.02. The second-order valence-corrected chi connectivity index (χ2v) is 7.05. The van der Waals surface area contributed by atoms with Crippen molar-refractivity contribution in [3.63, 3.8) is 0 Å². The van der Waals surface area contributed by atoms with Gasteiger partial charge in [-0.2, -0.15) is 5.10 Å². The van der Waals surface area contributed by atoms with E-state index in [2.05, 4.69) is 17.2 Å². The number of carbonyl (C=O) groups is 1. The summed E-state index contributed by atoms with van der Waals surface area (Å²) in [6.45, 7) is 0.775. The van der Waals surface area contributed by atoms with Gasteiger partial charge in [-0.3, -0.25) is 9.48 Å². The number of fused-ring (bicyclic) bond motifs is 1. The van der Waals surface area contributed by atoms with E-state index < -0.39 is 0 Å². The van der Waals surface area contributed by atoms with Crippen LogP contribution in [0, 0.1) is 0 Å². The van der Waals surface area contributed by atoms with Crippen LogP contribution in [-0.4, -0.2) is 34.4 Å². The van der Waals surface area contributed by atoms with Crippen LogP contribution >= 0.6 is 0 Å². The van der Waals surface area contributed by atoms with Crippen LogP contribution < -0.4 is 9.47 Å². The molecule has 0 radical (unpaired) electrons. The molecule has 1 atom stereocenters. The van der Waals surface area contributed by atoms with E-state index in [4.69, 9.17) is 9.47 Å². The molecule has 2 aromatic carbocycles. The molecular weight excluding hydrogens is 354 g/mol. The summed E-state index contributed by atoms with van der Waals surface area (Å²) in [6.07, 6.45) is 4.09. The Balaban J connectivity index is 1.56. The molecule has 6 nitrogen and oxygen atoms in total. The molecule has 6 heteroatoms. The summed E-state index contributed by atoms with van der Waals surface area (Å²) in [5.74, 6) is 1.50. The van der Waals surface area contributed by atoms with Gasteiger partial charge in [-0.05, 0) is 23.3 Å². The van der Waals surface area contributed by atoms with E-state index in [-0.39, 0.29) is 18.6 Å². The van der Waals surface area contributed by atoms with Crippen LogP contribution in [0.5, 0.6) is 11.5 Å². The Hall–Kier alpha value is -3.28. The average molecular weight is 377 g/mol. The van der Waals surface area contributed by atoms with Crippen molar-refractivity contribution in [1.82, 2.24) is 14.7 Å². The van der Waals surface area contributed by atoms with Gasteiger partial charge in [0.25, 0.3) is 0 Å². The summed E-state index contributed by atoms with van der Waals surface area (Å²) < 4.78 is 12.7. The molecule has 1 amide bonds. The van der Waals surface area contributed by atoms with Crippen LogP contribution in [0.25, 0.3) is 0 Å². The van der Waals surface area contributed by atoms with Gasteiger partial charge in [0.2, 0.25) is 12.7 Å². The van der Waals surface area contributed by atoms with Crippen molar-refractivity contribution < 1.29 is 14.3 Å². The molecular formula is C22H23N3O3. The Morgan fingerprint density at radius 3 is 2.68 bits per heavy atom. The third-order valence-corrected chi connectivity index (χ3v) is 4.98. The first-order chi connectivity index (χ1) is 13.6. The largest absolute Gasteiger partial charge is 0.454 e. The number of benzene rings is 2. The molecule has 1 aliphatic rings. The van der Waals surface area contributed by atoms with Crippen molar-refractivity contribution in [2.75, 3.05) is 13.8 Å². The van der Waals surface area contributed by atoms with E-state index in [0.717, 1.165) is 28.2 Å². The second-order valence-electron chi connectivity index (χ2n) is 7.05. The van der Waals surface area contributed by atoms with E-state index in [0.29, 0.717) is 13.0 Å². The van der Waals surface area contributed by atoms with Crippen LogP contribution in [0.3, 0.4) is 0 Å². The van der Waals surface area contributed by atoms with Crippen molar-refractivity contribution in [3.8, 4) is 11.5 Å². The number of nitrogens with zero attached hydrogens (tertiary/aromatic N) is 3. The number of aryl methyl sites for hydroxylation is 1. The van der Waals surface area contributed by atoms with Gasteiger partial charge >= 0.3 is 0 Å². The normalized spacial score (nSPS) is 13.4. The lowest BCUT2D eigenvalue weighted by Gasteiger charge is -2.22. The molecule has 3 aromatic rings. The maximum atomic E-state index is 13.0. The molecule has 0 bridgehead atoms. The molecule has 0 saturated heterocycles. The minimum Gasteiger partial charge on any atom is -0.454 e. The summed E-state index contributed by atoms with van der Waals surface area (Å²) in [7, 11) is 3.70. The third kappa shape index (κ3) is 3.86.